The number of rotatable bonds is 4. The van der Waals surface area contributed by atoms with E-state index in [1.165, 1.54) is 0 Å². The van der Waals surface area contributed by atoms with E-state index in [2.05, 4.69) is 7.74 Å². The first-order valence-corrected chi connectivity index (χ1v) is 8.32. The summed E-state index contributed by atoms with van der Waals surface area (Å²) in [5, 5.41) is 0. The van der Waals surface area contributed by atoms with Crippen molar-refractivity contribution in [2.75, 3.05) is 0 Å². The molecule has 0 aliphatic rings. The van der Waals surface area contributed by atoms with Crippen LogP contribution in [0.25, 0.3) is 0 Å². The van der Waals surface area contributed by atoms with Crippen LogP contribution >= 0.6 is 0 Å². The van der Waals surface area contributed by atoms with Gasteiger partial charge in [-0.15, -0.1) is 0 Å². The molecule has 0 saturated carbocycles. The molecule has 0 atom stereocenters. The zero-order valence-electron chi connectivity index (χ0n) is 6.66. The molecule has 80 valence electrons. The van der Waals surface area contributed by atoms with E-state index in [1.807, 2.05) is 0 Å². The largest absolute Gasteiger partial charge is 0.389 e. The van der Waals surface area contributed by atoms with Crippen molar-refractivity contribution in [3.8, 4) is 0 Å². The second kappa shape index (κ2) is 3.60. The van der Waals surface area contributed by atoms with Gasteiger partial charge in [-0.05, 0) is 13.1 Å². The Bertz CT molecular complexity index is 327. The van der Waals surface area contributed by atoms with Gasteiger partial charge in [0.2, 0.25) is 0 Å². The van der Waals surface area contributed by atoms with Crippen molar-refractivity contribution in [3.05, 3.63) is 0 Å². The fourth-order valence-corrected chi connectivity index (χ4v) is 4.94. The maximum absolute atomic E-state index is 10.1. The Morgan fingerprint density at radius 1 is 0.923 bits per heavy atom. The first-order chi connectivity index (χ1) is 5.41. The number of hydrogen-bond donors (Lipinski definition) is 2. The van der Waals surface area contributed by atoms with Gasteiger partial charge in [0.1, 0.15) is 0 Å². The highest BCUT2D eigenvalue weighted by molar-refractivity contribution is 7.83. The zero-order valence-corrected chi connectivity index (χ0v) is 9.29. The van der Waals surface area contributed by atoms with Crippen LogP contribution in [-0.4, -0.2) is 34.5 Å². The molecule has 0 bridgehead atoms. The quantitative estimate of drug-likeness (QED) is 0.498. The lowest BCUT2D eigenvalue weighted by Gasteiger charge is -2.16. The van der Waals surface area contributed by atoms with Crippen LogP contribution in [0.5, 0.6) is 0 Å². The summed E-state index contributed by atoms with van der Waals surface area (Å²) in [7, 11) is -13.2. The Labute approximate surface area is 76.6 Å². The Hall–Kier alpha value is -0.0431. The molecule has 13 heavy (non-hydrogen) atoms. The molecule has 0 heterocycles. The molecule has 8 nitrogen and oxygen atoms in total. The molecule has 0 fully saturated rings. The molecule has 11 heteroatoms. The van der Waals surface area contributed by atoms with Crippen LogP contribution in [-0.2, 0) is 28.5 Å². The predicted octanol–water partition coefficient (Wildman–Crippen LogP) is -0.673. The SMILES string of the molecule is C[Si](C)(OS(=O)(=O)O)OS(=O)(=O)O. The molecule has 0 aliphatic heterocycles. The van der Waals surface area contributed by atoms with Gasteiger partial charge < -0.3 is 0 Å². The van der Waals surface area contributed by atoms with E-state index >= 15 is 0 Å². The van der Waals surface area contributed by atoms with Crippen LogP contribution in [0.3, 0.4) is 0 Å². The van der Waals surface area contributed by atoms with Gasteiger partial charge in [0, 0.05) is 0 Å². The van der Waals surface area contributed by atoms with Gasteiger partial charge in [0.25, 0.3) is 0 Å². The predicted molar refractivity (Wildman–Crippen MR) is 42.7 cm³/mol. The van der Waals surface area contributed by atoms with E-state index in [9.17, 15) is 16.8 Å². The van der Waals surface area contributed by atoms with Crippen molar-refractivity contribution in [3.63, 3.8) is 0 Å². The molecule has 0 unspecified atom stereocenters. The molecular weight excluding hydrogens is 244 g/mol. The average molecular weight is 252 g/mol. The van der Waals surface area contributed by atoms with Crippen molar-refractivity contribution >= 4 is 29.4 Å². The van der Waals surface area contributed by atoms with Gasteiger partial charge in [0.05, 0.1) is 0 Å². The Kier molecular flexibility index (Phi) is 3.59. The minimum atomic E-state index is -4.79. The summed E-state index contributed by atoms with van der Waals surface area (Å²) in [6, 6.07) is 0. The molecule has 2 N–H and O–H groups in total. The molecule has 0 spiro atoms. The van der Waals surface area contributed by atoms with Crippen LogP contribution in [0.15, 0.2) is 0 Å². The molecular formula is C2H8O8S2Si. The third-order valence-electron chi connectivity index (χ3n) is 0.612. The average Bonchev–Trinajstić information content (AvgIpc) is 1.43. The highest BCUT2D eigenvalue weighted by atomic mass is 32.3. The van der Waals surface area contributed by atoms with Crippen LogP contribution in [0, 0.1) is 0 Å². The van der Waals surface area contributed by atoms with E-state index in [4.69, 9.17) is 9.11 Å². The van der Waals surface area contributed by atoms with Gasteiger partial charge in [0.15, 0.2) is 0 Å². The fraction of sp³-hybridized carbons (Fsp3) is 1.00. The smallest absolute Gasteiger partial charge is 0.264 e. The van der Waals surface area contributed by atoms with Crippen molar-refractivity contribution in [1.29, 1.82) is 0 Å². The molecule has 0 radical (unpaired) electrons. The third-order valence-corrected chi connectivity index (χ3v) is 5.51. The van der Waals surface area contributed by atoms with Crippen LogP contribution in [0.2, 0.25) is 13.1 Å². The molecule has 0 aromatic carbocycles. The molecule has 0 rings (SSSR count). The molecule has 0 saturated heterocycles. The summed E-state index contributed by atoms with van der Waals surface area (Å²) in [5.74, 6) is 0. The van der Waals surface area contributed by atoms with E-state index < -0.39 is 29.4 Å². The van der Waals surface area contributed by atoms with E-state index in [0.29, 0.717) is 0 Å². The van der Waals surface area contributed by atoms with Crippen LogP contribution < -0.4 is 0 Å². The zero-order chi connectivity index (χ0) is 10.9. The lowest BCUT2D eigenvalue weighted by atomic mass is 11.9. The molecule has 0 amide bonds. The van der Waals surface area contributed by atoms with Gasteiger partial charge in [-0.25, -0.2) is 0 Å². The Morgan fingerprint density at radius 3 is 1.31 bits per heavy atom. The maximum Gasteiger partial charge on any atom is 0.389 e. The highest BCUT2D eigenvalue weighted by Gasteiger charge is 2.36. The third kappa shape index (κ3) is 8.29. The second-order valence-electron chi connectivity index (χ2n) is 2.42. The standard InChI is InChI=1S/C2H8O8S2Si/c1-13(2,9-11(3,4)5)10-12(6,7)8/h1-2H3,(H,3,4,5)(H,6,7,8). The minimum absolute atomic E-state index is 1.01. The van der Waals surface area contributed by atoms with Crippen molar-refractivity contribution in [2.24, 2.45) is 0 Å². The summed E-state index contributed by atoms with van der Waals surface area (Å²) in [6.45, 7) is 2.02. The second-order valence-corrected chi connectivity index (χ2v) is 8.27. The molecule has 0 aliphatic carbocycles. The Morgan fingerprint density at radius 2 is 1.15 bits per heavy atom. The van der Waals surface area contributed by atoms with Gasteiger partial charge in [-0.2, -0.15) is 16.8 Å². The monoisotopic (exact) mass is 252 g/mol. The van der Waals surface area contributed by atoms with Crippen LogP contribution in [0.1, 0.15) is 0 Å². The van der Waals surface area contributed by atoms with Gasteiger partial charge in [-0.1, -0.05) is 0 Å². The van der Waals surface area contributed by atoms with Crippen molar-refractivity contribution < 1.29 is 33.7 Å². The van der Waals surface area contributed by atoms with E-state index in [-0.39, 0.29) is 0 Å². The summed E-state index contributed by atoms with van der Waals surface area (Å²) >= 11 is 0. The Balaban J connectivity index is 4.62. The molecule has 0 aromatic heterocycles. The van der Waals surface area contributed by atoms with Crippen molar-refractivity contribution in [2.45, 2.75) is 13.1 Å². The normalized spacial score (nSPS) is 14.5. The van der Waals surface area contributed by atoms with Crippen molar-refractivity contribution in [1.82, 2.24) is 0 Å². The summed E-state index contributed by atoms with van der Waals surface area (Å²) in [4.78, 5) is 0. The van der Waals surface area contributed by atoms with Gasteiger partial charge in [-0.3, -0.25) is 16.8 Å². The summed E-state index contributed by atoms with van der Waals surface area (Å²) in [5.41, 5.74) is 0. The van der Waals surface area contributed by atoms with E-state index in [1.54, 1.807) is 0 Å². The minimum Gasteiger partial charge on any atom is -0.264 e. The van der Waals surface area contributed by atoms with E-state index in [0.717, 1.165) is 13.1 Å². The topological polar surface area (TPSA) is 127 Å². The summed E-state index contributed by atoms with van der Waals surface area (Å²) < 4.78 is 64.7. The lowest BCUT2D eigenvalue weighted by molar-refractivity contribution is 0.317. The molecule has 0 aromatic rings. The maximum atomic E-state index is 10.1. The fourth-order valence-electron chi connectivity index (χ4n) is 0.521. The highest BCUT2D eigenvalue weighted by Crippen LogP contribution is 2.11. The summed E-state index contributed by atoms with van der Waals surface area (Å²) in [6.07, 6.45) is 0. The first-order valence-electron chi connectivity index (χ1n) is 2.77. The first kappa shape index (κ1) is 13.0. The lowest BCUT2D eigenvalue weighted by Crippen LogP contribution is -2.39. The van der Waals surface area contributed by atoms with Crippen LogP contribution in [0.4, 0.5) is 0 Å². The number of hydrogen-bond acceptors (Lipinski definition) is 6. The van der Waals surface area contributed by atoms with Gasteiger partial charge >= 0.3 is 29.4 Å².